The van der Waals surface area contributed by atoms with Gasteiger partial charge in [-0.1, -0.05) is 73.7 Å². The van der Waals surface area contributed by atoms with Crippen LogP contribution in [0.25, 0.3) is 10.9 Å². The van der Waals surface area contributed by atoms with Gasteiger partial charge in [0.2, 0.25) is 0 Å². The van der Waals surface area contributed by atoms with Crippen molar-refractivity contribution in [2.24, 2.45) is 0 Å². The Kier molecular flexibility index (Phi) is 6.16. The number of nitrogens with zero attached hydrogens (tertiary/aromatic N) is 2. The molecule has 2 N–H and O–H groups in total. The number of carbonyl (C=O) groups excluding carboxylic acids is 3. The number of hydrogen-bond acceptors (Lipinski definition) is 3. The Bertz CT molecular complexity index is 1870. The van der Waals surface area contributed by atoms with Crippen molar-refractivity contribution in [1.29, 1.82) is 0 Å². The van der Waals surface area contributed by atoms with Crippen LogP contribution in [0.3, 0.4) is 0 Å². The number of H-pyrrole nitrogens is 1. The van der Waals surface area contributed by atoms with Crippen LogP contribution >= 0.6 is 0 Å². The van der Waals surface area contributed by atoms with Crippen LogP contribution in [0.15, 0.2) is 97.1 Å². The van der Waals surface area contributed by atoms with Crippen LogP contribution in [0.4, 0.5) is 16.2 Å². The van der Waals surface area contributed by atoms with E-state index in [9.17, 15) is 14.4 Å². The highest BCUT2D eigenvalue weighted by atomic mass is 16.2. The summed E-state index contributed by atoms with van der Waals surface area (Å²) in [5.41, 5.74) is 7.29. The first-order valence-electron chi connectivity index (χ1n) is 14.3. The molecule has 0 saturated carbocycles. The summed E-state index contributed by atoms with van der Waals surface area (Å²) in [6.45, 7) is 4.10. The van der Waals surface area contributed by atoms with Crippen molar-refractivity contribution in [3.05, 3.63) is 131 Å². The second-order valence-electron chi connectivity index (χ2n) is 10.9. The van der Waals surface area contributed by atoms with E-state index in [4.69, 9.17) is 0 Å². The van der Waals surface area contributed by atoms with Gasteiger partial charge in [-0.25, -0.2) is 9.69 Å². The maximum atomic E-state index is 14.4. The number of para-hydroxylation sites is 2. The Balaban J connectivity index is 1.31. The maximum absolute atomic E-state index is 14.4. The molecule has 2 aliphatic rings. The molecular formula is C35H30N4O3. The number of anilines is 2. The van der Waals surface area contributed by atoms with Gasteiger partial charge in [-0.05, 0) is 65.9 Å². The Labute approximate surface area is 243 Å². The number of urea groups is 1. The Morgan fingerprint density at radius 2 is 1.62 bits per heavy atom. The normalized spacial score (nSPS) is 17.9. The van der Waals surface area contributed by atoms with E-state index in [1.54, 1.807) is 29.2 Å². The van der Waals surface area contributed by atoms with Crippen molar-refractivity contribution in [2.75, 3.05) is 10.2 Å². The summed E-state index contributed by atoms with van der Waals surface area (Å²) in [6.07, 6.45) is 1.29. The van der Waals surface area contributed by atoms with Gasteiger partial charge in [-0.3, -0.25) is 14.5 Å². The first-order valence-corrected chi connectivity index (χ1v) is 14.3. The quantitative estimate of drug-likeness (QED) is 0.235. The van der Waals surface area contributed by atoms with Gasteiger partial charge in [0.15, 0.2) is 0 Å². The number of aryl methyl sites for hydroxylation is 2. The molecule has 4 aromatic carbocycles. The predicted molar refractivity (Wildman–Crippen MR) is 164 cm³/mol. The molecule has 0 spiro atoms. The molecule has 2 aliphatic heterocycles. The lowest BCUT2D eigenvalue weighted by molar-refractivity contribution is -0.120. The van der Waals surface area contributed by atoms with Gasteiger partial charge in [0.1, 0.15) is 12.1 Å². The first kappa shape index (κ1) is 25.8. The van der Waals surface area contributed by atoms with Crippen molar-refractivity contribution in [1.82, 2.24) is 9.88 Å². The van der Waals surface area contributed by atoms with Gasteiger partial charge < -0.3 is 10.3 Å². The van der Waals surface area contributed by atoms with E-state index in [1.807, 2.05) is 73.7 Å². The van der Waals surface area contributed by atoms with Crippen LogP contribution < -0.4 is 10.2 Å². The summed E-state index contributed by atoms with van der Waals surface area (Å²) in [4.78, 5) is 48.5. The van der Waals surface area contributed by atoms with Crippen molar-refractivity contribution >= 4 is 40.1 Å². The zero-order valence-corrected chi connectivity index (χ0v) is 23.4. The predicted octanol–water partition coefficient (Wildman–Crippen LogP) is 6.77. The highest BCUT2D eigenvalue weighted by Gasteiger charge is 2.53. The Hall–Kier alpha value is -5.17. The molecule has 42 heavy (non-hydrogen) atoms. The number of benzene rings is 4. The van der Waals surface area contributed by atoms with Crippen molar-refractivity contribution in [3.8, 4) is 0 Å². The fourth-order valence-electron chi connectivity index (χ4n) is 6.40. The molecule has 2 atom stereocenters. The summed E-state index contributed by atoms with van der Waals surface area (Å²) in [5, 5.41) is 3.99. The summed E-state index contributed by atoms with van der Waals surface area (Å²) >= 11 is 0. The van der Waals surface area contributed by atoms with Crippen molar-refractivity contribution < 1.29 is 14.4 Å². The average Bonchev–Trinajstić information content (AvgIpc) is 3.51. The van der Waals surface area contributed by atoms with E-state index in [1.165, 1.54) is 10.5 Å². The van der Waals surface area contributed by atoms with Crippen molar-refractivity contribution in [2.45, 2.75) is 38.8 Å². The third-order valence-electron chi connectivity index (χ3n) is 8.54. The molecule has 1 aromatic heterocycles. The molecule has 0 radical (unpaired) electrons. The summed E-state index contributed by atoms with van der Waals surface area (Å²) < 4.78 is 0. The number of fused-ring (bicyclic) bond motifs is 4. The first-order chi connectivity index (χ1) is 20.5. The standard InChI is InChI=1S/C35H30N4O3/c1-3-22-16-18-23(19-17-22)36-33(40)26-13-7-9-15-29(26)39-34(41)30-20-27-25-12-6-8-14-28(25)37-31(27)32(38(30)35(39)42)24-11-5-4-10-21(24)2/h4-19,30,32,37H,3,20H2,1-2H3,(H,36,40). The zero-order chi connectivity index (χ0) is 29.0. The van der Waals surface area contributed by atoms with Gasteiger partial charge in [0.05, 0.1) is 11.3 Å². The van der Waals surface area contributed by atoms with E-state index in [0.717, 1.165) is 39.7 Å². The van der Waals surface area contributed by atoms with Crippen LogP contribution in [0.2, 0.25) is 0 Å². The highest BCUT2D eigenvalue weighted by Crippen LogP contribution is 2.45. The Morgan fingerprint density at radius 3 is 2.40 bits per heavy atom. The number of imide groups is 1. The zero-order valence-electron chi connectivity index (χ0n) is 23.4. The van der Waals surface area contributed by atoms with Gasteiger partial charge in [0, 0.05) is 28.7 Å². The lowest BCUT2D eigenvalue weighted by Crippen LogP contribution is -2.44. The van der Waals surface area contributed by atoms with E-state index < -0.39 is 18.1 Å². The number of aromatic nitrogens is 1. The molecule has 2 unspecified atom stereocenters. The fraction of sp³-hybridized carbons (Fsp3) is 0.171. The van der Waals surface area contributed by atoms with E-state index in [0.29, 0.717) is 12.1 Å². The largest absolute Gasteiger partial charge is 0.356 e. The highest BCUT2D eigenvalue weighted by molar-refractivity contribution is 6.24. The molecule has 7 rings (SSSR count). The van der Waals surface area contributed by atoms with Crippen LogP contribution in [-0.4, -0.2) is 33.8 Å². The van der Waals surface area contributed by atoms with Gasteiger partial charge >= 0.3 is 6.03 Å². The molecule has 5 aromatic rings. The second kappa shape index (κ2) is 10.0. The number of carbonyl (C=O) groups is 3. The molecule has 1 fully saturated rings. The third-order valence-corrected chi connectivity index (χ3v) is 8.54. The molecular weight excluding hydrogens is 524 g/mol. The third kappa shape index (κ3) is 4.00. The Morgan fingerprint density at radius 1 is 0.905 bits per heavy atom. The topological polar surface area (TPSA) is 85.5 Å². The van der Waals surface area contributed by atoms with Gasteiger partial charge in [-0.2, -0.15) is 0 Å². The van der Waals surface area contributed by atoms with Crippen LogP contribution in [0.1, 0.15) is 51.3 Å². The number of nitrogens with one attached hydrogen (secondary N) is 2. The molecule has 0 aliphatic carbocycles. The minimum Gasteiger partial charge on any atom is -0.356 e. The number of amides is 4. The lowest BCUT2D eigenvalue weighted by atomic mass is 9.87. The van der Waals surface area contributed by atoms with Gasteiger partial charge in [-0.15, -0.1) is 0 Å². The fourth-order valence-corrected chi connectivity index (χ4v) is 6.40. The molecule has 7 nitrogen and oxygen atoms in total. The monoisotopic (exact) mass is 554 g/mol. The molecule has 0 bridgehead atoms. The minimum atomic E-state index is -0.702. The molecule has 7 heteroatoms. The molecule has 3 heterocycles. The number of aromatic amines is 1. The van der Waals surface area contributed by atoms with Crippen LogP contribution in [0.5, 0.6) is 0 Å². The van der Waals surface area contributed by atoms with Gasteiger partial charge in [0.25, 0.3) is 11.8 Å². The summed E-state index contributed by atoms with van der Waals surface area (Å²) in [5.74, 6) is -0.714. The SMILES string of the molecule is CCc1ccc(NC(=O)c2ccccc2N2C(=O)C3Cc4c([nH]c5ccccc45)C(c4ccccc4C)N3C2=O)cc1. The molecule has 1 saturated heterocycles. The van der Waals surface area contributed by atoms with E-state index in [-0.39, 0.29) is 23.1 Å². The maximum Gasteiger partial charge on any atom is 0.332 e. The molecule has 208 valence electrons. The second-order valence-corrected chi connectivity index (χ2v) is 10.9. The average molecular weight is 555 g/mol. The van der Waals surface area contributed by atoms with Crippen LogP contribution in [0, 0.1) is 6.92 Å². The number of rotatable bonds is 5. The van der Waals surface area contributed by atoms with Crippen LogP contribution in [-0.2, 0) is 17.6 Å². The summed E-state index contributed by atoms with van der Waals surface area (Å²) in [6, 6.07) is 28.9. The lowest BCUT2D eigenvalue weighted by Gasteiger charge is -2.36. The minimum absolute atomic E-state index is 0.259. The summed E-state index contributed by atoms with van der Waals surface area (Å²) in [7, 11) is 0. The smallest absolute Gasteiger partial charge is 0.332 e. The van der Waals surface area contributed by atoms with Crippen molar-refractivity contribution in [3.63, 3.8) is 0 Å². The van der Waals surface area contributed by atoms with E-state index >= 15 is 0 Å². The number of hydrogen-bond donors (Lipinski definition) is 2. The van der Waals surface area contributed by atoms with E-state index in [2.05, 4.69) is 23.3 Å². The molecule has 4 amide bonds.